The summed E-state index contributed by atoms with van der Waals surface area (Å²) in [6.45, 7) is 8.89. The van der Waals surface area contributed by atoms with Crippen molar-refractivity contribution in [3.8, 4) is 5.75 Å². The first-order valence-corrected chi connectivity index (χ1v) is 15.3. The highest BCUT2D eigenvalue weighted by Crippen LogP contribution is 2.31. The Morgan fingerprint density at radius 1 is 1.21 bits per heavy atom. The molecule has 0 aliphatic heterocycles. The van der Waals surface area contributed by atoms with Crippen LogP contribution in [0, 0.1) is 16.0 Å². The molecule has 1 aliphatic carbocycles. The third-order valence-electron chi connectivity index (χ3n) is 6.07. The number of benzene rings is 1. The van der Waals surface area contributed by atoms with Crippen LogP contribution in [0.15, 0.2) is 24.3 Å². The van der Waals surface area contributed by atoms with Crippen molar-refractivity contribution in [3.05, 3.63) is 34.4 Å². The van der Waals surface area contributed by atoms with E-state index in [0.29, 0.717) is 6.61 Å². The largest absolute Gasteiger partial charge is 0.450 e. The third kappa shape index (κ3) is 8.34. The Bertz CT molecular complexity index is 823. The maximum atomic E-state index is 12.8. The second kappa shape index (κ2) is 12.0. The zero-order valence-electron chi connectivity index (χ0n) is 20.3. The van der Waals surface area contributed by atoms with Gasteiger partial charge >= 0.3 is 17.9 Å². The number of nitro benzene ring substituents is 1. The Hall–Kier alpha value is -2.62. The molecule has 2 atom stereocenters. The fourth-order valence-electron chi connectivity index (χ4n) is 4.30. The molecule has 2 amide bonds. The molecule has 0 spiro atoms. The Kier molecular flexibility index (Phi) is 9.69. The SMILES string of the molecule is CC(NC(=O)Oc1ccccc1[N+](=O)[O-])C(C1CCCCC1)N(C)C(=O)OCC[Si](C)(C)C. The number of para-hydroxylation sites is 2. The van der Waals surface area contributed by atoms with Crippen molar-refractivity contribution in [1.82, 2.24) is 10.2 Å². The average Bonchev–Trinajstić information content (AvgIpc) is 2.73. The first kappa shape index (κ1) is 26.6. The van der Waals surface area contributed by atoms with Gasteiger partial charge in [-0.15, -0.1) is 0 Å². The molecular formula is C23H37N3O6Si. The van der Waals surface area contributed by atoms with Crippen LogP contribution in [-0.4, -0.2) is 55.8 Å². The number of nitrogens with zero attached hydrogens (tertiary/aromatic N) is 2. The van der Waals surface area contributed by atoms with E-state index in [2.05, 4.69) is 25.0 Å². The summed E-state index contributed by atoms with van der Waals surface area (Å²) in [6.07, 6.45) is 4.04. The molecule has 0 aromatic heterocycles. The maximum Gasteiger partial charge on any atom is 0.413 e. The van der Waals surface area contributed by atoms with Crippen LogP contribution in [0.4, 0.5) is 15.3 Å². The van der Waals surface area contributed by atoms with E-state index in [4.69, 9.17) is 9.47 Å². The number of nitro groups is 1. The van der Waals surface area contributed by atoms with E-state index >= 15 is 0 Å². The summed E-state index contributed by atoms with van der Waals surface area (Å²) in [5.41, 5.74) is -0.285. The monoisotopic (exact) mass is 479 g/mol. The number of nitrogens with one attached hydrogen (secondary N) is 1. The second-order valence-corrected chi connectivity index (χ2v) is 15.6. The van der Waals surface area contributed by atoms with Crippen LogP contribution in [0.2, 0.25) is 25.7 Å². The van der Waals surface area contributed by atoms with Gasteiger partial charge in [0, 0.05) is 21.2 Å². The van der Waals surface area contributed by atoms with E-state index in [1.165, 1.54) is 18.2 Å². The normalized spacial score (nSPS) is 16.4. The van der Waals surface area contributed by atoms with Crippen LogP contribution in [0.5, 0.6) is 5.75 Å². The quantitative estimate of drug-likeness (QED) is 0.287. The number of hydrogen-bond donors (Lipinski definition) is 1. The minimum Gasteiger partial charge on any atom is -0.450 e. The number of carbonyl (C=O) groups excluding carboxylic acids is 2. The van der Waals surface area contributed by atoms with Gasteiger partial charge in [0.25, 0.3) is 0 Å². The Labute approximate surface area is 197 Å². The van der Waals surface area contributed by atoms with Crippen LogP contribution < -0.4 is 10.1 Å². The Morgan fingerprint density at radius 3 is 2.45 bits per heavy atom. The number of amides is 2. The van der Waals surface area contributed by atoms with Crippen LogP contribution in [-0.2, 0) is 4.74 Å². The molecule has 1 aromatic carbocycles. The standard InChI is InChI=1S/C23H37N3O6Si/c1-17(24-22(27)32-20-14-10-9-13-19(20)26(29)30)21(18-11-7-6-8-12-18)25(2)23(28)31-15-16-33(3,4)5/h9-10,13-14,17-18,21H,6-8,11-12,15-16H2,1-5H3,(H,24,27). The third-order valence-corrected chi connectivity index (χ3v) is 7.77. The highest BCUT2D eigenvalue weighted by Gasteiger charge is 2.35. The van der Waals surface area contributed by atoms with Crippen LogP contribution in [0.3, 0.4) is 0 Å². The molecule has 33 heavy (non-hydrogen) atoms. The van der Waals surface area contributed by atoms with Gasteiger partial charge in [0.05, 0.1) is 23.6 Å². The van der Waals surface area contributed by atoms with Crippen LogP contribution in [0.1, 0.15) is 39.0 Å². The molecule has 0 heterocycles. The summed E-state index contributed by atoms with van der Waals surface area (Å²) < 4.78 is 10.8. The fraction of sp³-hybridized carbons (Fsp3) is 0.652. The van der Waals surface area contributed by atoms with Crippen molar-refractivity contribution in [2.24, 2.45) is 5.92 Å². The van der Waals surface area contributed by atoms with Crippen LogP contribution in [0.25, 0.3) is 0 Å². The highest BCUT2D eigenvalue weighted by molar-refractivity contribution is 6.76. The van der Waals surface area contributed by atoms with E-state index in [1.807, 2.05) is 6.92 Å². The number of hydrogen-bond acceptors (Lipinski definition) is 6. The number of likely N-dealkylation sites (N-methyl/N-ethyl adjacent to an activating group) is 1. The minimum absolute atomic E-state index is 0.125. The van der Waals surface area contributed by atoms with E-state index < -0.39 is 31.2 Å². The van der Waals surface area contributed by atoms with E-state index in [0.717, 1.165) is 38.1 Å². The first-order valence-electron chi connectivity index (χ1n) is 11.6. The molecule has 10 heteroatoms. The molecule has 0 radical (unpaired) electrons. The van der Waals surface area contributed by atoms with Crippen molar-refractivity contribution < 1.29 is 24.0 Å². The summed E-state index contributed by atoms with van der Waals surface area (Å²) >= 11 is 0. The van der Waals surface area contributed by atoms with Gasteiger partial charge in [0.2, 0.25) is 5.75 Å². The fourth-order valence-corrected chi connectivity index (χ4v) is 5.01. The van der Waals surface area contributed by atoms with E-state index in [1.54, 1.807) is 18.0 Å². The van der Waals surface area contributed by atoms with Crippen LogP contribution >= 0.6 is 0 Å². The molecule has 1 aliphatic rings. The van der Waals surface area contributed by atoms with E-state index in [9.17, 15) is 19.7 Å². The number of ether oxygens (including phenoxy) is 2. The van der Waals surface area contributed by atoms with Crippen molar-refractivity contribution in [3.63, 3.8) is 0 Å². The zero-order valence-corrected chi connectivity index (χ0v) is 21.3. The minimum atomic E-state index is -1.33. The van der Waals surface area contributed by atoms with Gasteiger partial charge in [-0.05, 0) is 37.8 Å². The molecule has 184 valence electrons. The molecule has 1 fully saturated rings. The molecule has 1 N–H and O–H groups in total. The summed E-state index contributed by atoms with van der Waals surface area (Å²) in [5.74, 6) is 0.0928. The second-order valence-electron chi connectivity index (χ2n) is 9.97. The predicted octanol–water partition coefficient (Wildman–Crippen LogP) is 5.43. The lowest BCUT2D eigenvalue weighted by Crippen LogP contribution is -2.55. The van der Waals surface area contributed by atoms with Gasteiger partial charge in [0.1, 0.15) is 0 Å². The van der Waals surface area contributed by atoms with Crippen molar-refractivity contribution >= 4 is 25.9 Å². The molecule has 9 nitrogen and oxygen atoms in total. The molecule has 1 aromatic rings. The highest BCUT2D eigenvalue weighted by atomic mass is 28.3. The maximum absolute atomic E-state index is 12.8. The lowest BCUT2D eigenvalue weighted by molar-refractivity contribution is -0.385. The lowest BCUT2D eigenvalue weighted by atomic mass is 9.81. The zero-order chi connectivity index (χ0) is 24.6. The van der Waals surface area contributed by atoms with Gasteiger partial charge in [-0.25, -0.2) is 9.59 Å². The topological polar surface area (TPSA) is 111 Å². The predicted molar refractivity (Wildman–Crippen MR) is 129 cm³/mol. The van der Waals surface area contributed by atoms with Crippen molar-refractivity contribution in [1.29, 1.82) is 0 Å². The molecular weight excluding hydrogens is 442 g/mol. The summed E-state index contributed by atoms with van der Waals surface area (Å²) in [5, 5.41) is 14.0. The first-order chi connectivity index (χ1) is 15.5. The van der Waals surface area contributed by atoms with Gasteiger partial charge in [-0.3, -0.25) is 10.1 Å². The smallest absolute Gasteiger partial charge is 0.413 e. The molecule has 2 rings (SSSR count). The van der Waals surface area contributed by atoms with Crippen molar-refractivity contribution in [2.45, 2.75) is 76.8 Å². The Morgan fingerprint density at radius 2 is 1.85 bits per heavy atom. The van der Waals surface area contributed by atoms with Gasteiger partial charge in [0.15, 0.2) is 0 Å². The van der Waals surface area contributed by atoms with Gasteiger partial charge in [-0.2, -0.15) is 0 Å². The van der Waals surface area contributed by atoms with E-state index in [-0.39, 0.29) is 23.4 Å². The lowest BCUT2D eigenvalue weighted by Gasteiger charge is -2.39. The molecule has 0 bridgehead atoms. The Balaban J connectivity index is 2.08. The van der Waals surface area contributed by atoms with Crippen molar-refractivity contribution in [2.75, 3.05) is 13.7 Å². The number of carbonyl (C=O) groups is 2. The molecule has 2 unspecified atom stereocenters. The average molecular weight is 480 g/mol. The molecule has 1 saturated carbocycles. The molecule has 0 saturated heterocycles. The van der Waals surface area contributed by atoms with Gasteiger partial charge in [-0.1, -0.05) is 51.0 Å². The summed E-state index contributed by atoms with van der Waals surface area (Å²) in [4.78, 5) is 37.6. The summed E-state index contributed by atoms with van der Waals surface area (Å²) in [6, 6.07) is 5.91. The summed E-state index contributed by atoms with van der Waals surface area (Å²) in [7, 11) is 0.381. The van der Waals surface area contributed by atoms with Gasteiger partial charge < -0.3 is 19.7 Å². The number of rotatable bonds is 9.